The molecule has 0 spiro atoms. The second kappa shape index (κ2) is 9.04. The Morgan fingerprint density at radius 1 is 0.968 bits per heavy atom. The van der Waals surface area contributed by atoms with Crippen LogP contribution in [0.2, 0.25) is 0 Å². The molecular formula is C24H19F3N2O2. The van der Waals surface area contributed by atoms with Crippen molar-refractivity contribution >= 4 is 11.6 Å². The molecular weight excluding hydrogens is 405 g/mol. The summed E-state index contributed by atoms with van der Waals surface area (Å²) in [6.45, 7) is 0.273. The van der Waals surface area contributed by atoms with Gasteiger partial charge in [0.15, 0.2) is 6.10 Å². The molecule has 3 aromatic rings. The summed E-state index contributed by atoms with van der Waals surface area (Å²) in [6.07, 6.45) is -0.108. The lowest BCUT2D eigenvalue weighted by Crippen LogP contribution is -2.37. The maximum Gasteiger partial charge on any atom is 0.257 e. The van der Waals surface area contributed by atoms with E-state index in [1.54, 1.807) is 30.3 Å². The van der Waals surface area contributed by atoms with E-state index in [2.05, 4.69) is 5.16 Å². The number of halogens is 3. The Morgan fingerprint density at radius 2 is 1.74 bits per heavy atom. The SMILES string of the molecule is O=C(c1ccccc1F)N(Cc1ccc(F)cc1)CC1CC(c2cccc(F)c2)=NO1. The van der Waals surface area contributed by atoms with E-state index < -0.39 is 17.8 Å². The Bertz CT molecular complexity index is 1120. The molecule has 158 valence electrons. The minimum absolute atomic E-state index is 0.0612. The topological polar surface area (TPSA) is 41.9 Å². The third-order valence-corrected chi connectivity index (χ3v) is 4.99. The number of hydrogen-bond acceptors (Lipinski definition) is 3. The van der Waals surface area contributed by atoms with Crippen LogP contribution in [0.5, 0.6) is 0 Å². The highest BCUT2D eigenvalue weighted by Gasteiger charge is 2.28. The van der Waals surface area contributed by atoms with Gasteiger partial charge in [-0.1, -0.05) is 41.6 Å². The summed E-state index contributed by atoms with van der Waals surface area (Å²) in [5.41, 5.74) is 1.81. The van der Waals surface area contributed by atoms with Crippen LogP contribution in [0.3, 0.4) is 0 Å². The van der Waals surface area contributed by atoms with Gasteiger partial charge in [0.05, 0.1) is 17.8 Å². The molecule has 1 aliphatic rings. The zero-order valence-electron chi connectivity index (χ0n) is 16.5. The van der Waals surface area contributed by atoms with Gasteiger partial charge in [-0.15, -0.1) is 0 Å². The molecule has 1 aliphatic heterocycles. The number of oxime groups is 1. The van der Waals surface area contributed by atoms with E-state index in [0.29, 0.717) is 23.3 Å². The van der Waals surface area contributed by atoms with Gasteiger partial charge >= 0.3 is 0 Å². The van der Waals surface area contributed by atoms with E-state index in [-0.39, 0.29) is 30.3 Å². The Balaban J connectivity index is 1.53. The minimum atomic E-state index is -0.624. The van der Waals surface area contributed by atoms with Crippen LogP contribution in [0, 0.1) is 17.5 Å². The molecule has 7 heteroatoms. The largest absolute Gasteiger partial charge is 0.390 e. The molecule has 1 atom stereocenters. The molecule has 0 fully saturated rings. The zero-order chi connectivity index (χ0) is 21.8. The number of hydrogen-bond donors (Lipinski definition) is 0. The Morgan fingerprint density at radius 3 is 2.48 bits per heavy atom. The predicted molar refractivity (Wildman–Crippen MR) is 110 cm³/mol. The van der Waals surface area contributed by atoms with E-state index in [1.807, 2.05) is 0 Å². The van der Waals surface area contributed by atoms with E-state index in [4.69, 9.17) is 4.84 Å². The summed E-state index contributed by atoms with van der Waals surface area (Å²) in [5.74, 6) is -1.90. The maximum absolute atomic E-state index is 14.2. The predicted octanol–water partition coefficient (Wildman–Crippen LogP) is 4.94. The van der Waals surface area contributed by atoms with E-state index >= 15 is 0 Å². The van der Waals surface area contributed by atoms with Crippen LogP contribution in [-0.4, -0.2) is 29.2 Å². The molecule has 4 nitrogen and oxygen atoms in total. The van der Waals surface area contributed by atoms with Gasteiger partial charge in [-0.25, -0.2) is 13.2 Å². The van der Waals surface area contributed by atoms with Crippen LogP contribution < -0.4 is 0 Å². The Labute approximate surface area is 177 Å². The number of carbonyl (C=O) groups excluding carboxylic acids is 1. The fourth-order valence-electron chi connectivity index (χ4n) is 3.45. The second-order valence-corrected chi connectivity index (χ2v) is 7.27. The summed E-state index contributed by atoms with van der Waals surface area (Å²) in [5, 5.41) is 4.04. The molecule has 1 heterocycles. The number of carbonyl (C=O) groups is 1. The molecule has 31 heavy (non-hydrogen) atoms. The monoisotopic (exact) mass is 424 g/mol. The first-order valence-corrected chi connectivity index (χ1v) is 9.76. The van der Waals surface area contributed by atoms with Gasteiger partial charge in [-0.3, -0.25) is 4.79 Å². The summed E-state index contributed by atoms with van der Waals surface area (Å²) < 4.78 is 41.0. The van der Waals surface area contributed by atoms with Gasteiger partial charge < -0.3 is 9.74 Å². The van der Waals surface area contributed by atoms with Crippen LogP contribution in [-0.2, 0) is 11.4 Å². The second-order valence-electron chi connectivity index (χ2n) is 7.27. The summed E-state index contributed by atoms with van der Waals surface area (Å²) in [7, 11) is 0. The molecule has 1 amide bonds. The van der Waals surface area contributed by atoms with Crippen molar-refractivity contribution in [2.24, 2.45) is 5.16 Å². The molecule has 1 unspecified atom stereocenters. The van der Waals surface area contributed by atoms with Crippen molar-refractivity contribution < 1.29 is 22.8 Å². The van der Waals surface area contributed by atoms with E-state index in [1.165, 1.54) is 47.4 Å². The van der Waals surface area contributed by atoms with Crippen LogP contribution >= 0.6 is 0 Å². The quantitative estimate of drug-likeness (QED) is 0.563. The highest BCUT2D eigenvalue weighted by molar-refractivity contribution is 6.01. The maximum atomic E-state index is 14.2. The molecule has 0 N–H and O–H groups in total. The first kappa shape index (κ1) is 20.7. The van der Waals surface area contributed by atoms with Crippen molar-refractivity contribution in [2.75, 3.05) is 6.54 Å². The van der Waals surface area contributed by atoms with Crippen molar-refractivity contribution in [1.82, 2.24) is 4.90 Å². The highest BCUT2D eigenvalue weighted by atomic mass is 19.1. The van der Waals surface area contributed by atoms with Crippen molar-refractivity contribution in [3.8, 4) is 0 Å². The van der Waals surface area contributed by atoms with Crippen LogP contribution in [0.1, 0.15) is 27.9 Å². The van der Waals surface area contributed by atoms with Gasteiger partial charge in [-0.05, 0) is 42.0 Å². The van der Waals surface area contributed by atoms with Gasteiger partial charge in [0.1, 0.15) is 17.5 Å². The summed E-state index contributed by atoms with van der Waals surface area (Å²) in [4.78, 5) is 20.0. The Hall–Kier alpha value is -3.61. The lowest BCUT2D eigenvalue weighted by Gasteiger charge is -2.25. The highest BCUT2D eigenvalue weighted by Crippen LogP contribution is 2.21. The number of rotatable bonds is 6. The lowest BCUT2D eigenvalue weighted by atomic mass is 10.0. The smallest absolute Gasteiger partial charge is 0.257 e. The fourth-order valence-corrected chi connectivity index (χ4v) is 3.45. The number of nitrogens with zero attached hydrogens (tertiary/aromatic N) is 2. The lowest BCUT2D eigenvalue weighted by molar-refractivity contribution is 0.0402. The molecule has 0 bridgehead atoms. The van der Waals surface area contributed by atoms with Crippen molar-refractivity contribution in [3.05, 3.63) is 107 Å². The number of amides is 1. The molecule has 0 saturated carbocycles. The molecule has 0 saturated heterocycles. The van der Waals surface area contributed by atoms with E-state index in [9.17, 15) is 18.0 Å². The standard InChI is InChI=1S/C24H19F3N2O2/c25-18-10-8-16(9-11-18)14-29(24(30)21-6-1-2-7-22(21)27)15-20-13-23(28-31-20)17-4-3-5-19(26)12-17/h1-12,20H,13-15H2. The average molecular weight is 424 g/mol. The molecule has 3 aromatic carbocycles. The van der Waals surface area contributed by atoms with Gasteiger partial charge in [-0.2, -0.15) is 0 Å². The van der Waals surface area contributed by atoms with E-state index in [0.717, 1.165) is 0 Å². The zero-order valence-corrected chi connectivity index (χ0v) is 16.5. The normalized spacial score (nSPS) is 15.3. The third-order valence-electron chi connectivity index (χ3n) is 4.99. The number of benzene rings is 3. The van der Waals surface area contributed by atoms with Crippen LogP contribution in [0.15, 0.2) is 78.0 Å². The fraction of sp³-hybridized carbons (Fsp3) is 0.167. The average Bonchev–Trinajstić information content (AvgIpc) is 3.23. The van der Waals surface area contributed by atoms with Crippen molar-refractivity contribution in [3.63, 3.8) is 0 Å². The minimum Gasteiger partial charge on any atom is -0.390 e. The molecule has 4 rings (SSSR count). The summed E-state index contributed by atoms with van der Waals surface area (Å²) in [6, 6.07) is 17.5. The molecule has 0 aromatic heterocycles. The van der Waals surface area contributed by atoms with Crippen LogP contribution in [0.4, 0.5) is 13.2 Å². The van der Waals surface area contributed by atoms with Crippen molar-refractivity contribution in [1.29, 1.82) is 0 Å². The van der Waals surface area contributed by atoms with Gasteiger partial charge in [0, 0.05) is 18.5 Å². The van der Waals surface area contributed by atoms with Crippen LogP contribution in [0.25, 0.3) is 0 Å². The van der Waals surface area contributed by atoms with Crippen molar-refractivity contribution in [2.45, 2.75) is 19.1 Å². The first-order chi connectivity index (χ1) is 15.0. The van der Waals surface area contributed by atoms with Gasteiger partial charge in [0.2, 0.25) is 0 Å². The summed E-state index contributed by atoms with van der Waals surface area (Å²) >= 11 is 0. The molecule has 0 aliphatic carbocycles. The molecule has 0 radical (unpaired) electrons. The third kappa shape index (κ3) is 4.94. The first-order valence-electron chi connectivity index (χ1n) is 9.76. The van der Waals surface area contributed by atoms with Gasteiger partial charge in [0.25, 0.3) is 5.91 Å². The Kier molecular flexibility index (Phi) is 6.02.